The number of hydrogen-bond acceptors (Lipinski definition) is 5. The lowest BCUT2D eigenvalue weighted by Crippen LogP contribution is -2.41. The molecule has 2 heterocycles. The summed E-state index contributed by atoms with van der Waals surface area (Å²) < 4.78 is 10.0. The normalized spacial score (nSPS) is 18.0. The Bertz CT molecular complexity index is 512. The maximum atomic E-state index is 11.7. The van der Waals surface area contributed by atoms with Crippen molar-refractivity contribution in [1.29, 1.82) is 0 Å². The van der Waals surface area contributed by atoms with Gasteiger partial charge in [-0.2, -0.15) is 0 Å². The second-order valence-electron chi connectivity index (χ2n) is 5.03. The molecule has 2 amide bonds. The number of carbonyl (C=O) groups excluding carboxylic acids is 2. The first-order chi connectivity index (χ1) is 9.99. The van der Waals surface area contributed by atoms with Gasteiger partial charge < -0.3 is 19.9 Å². The third kappa shape index (κ3) is 3.87. The van der Waals surface area contributed by atoms with Gasteiger partial charge in [0, 0.05) is 18.5 Å². The van der Waals surface area contributed by atoms with Crippen molar-refractivity contribution in [2.45, 2.75) is 38.6 Å². The summed E-state index contributed by atoms with van der Waals surface area (Å²) in [5.41, 5.74) is 6.65. The van der Waals surface area contributed by atoms with Gasteiger partial charge in [-0.25, -0.2) is 4.79 Å². The molecule has 1 atom stereocenters. The van der Waals surface area contributed by atoms with E-state index in [0.717, 1.165) is 12.8 Å². The Morgan fingerprint density at radius 2 is 2.33 bits per heavy atom. The minimum Gasteiger partial charge on any atom is -0.463 e. The van der Waals surface area contributed by atoms with Gasteiger partial charge in [0.05, 0.1) is 11.7 Å². The molecule has 8 heteroatoms. The van der Waals surface area contributed by atoms with Crippen molar-refractivity contribution in [1.82, 2.24) is 10.1 Å². The van der Waals surface area contributed by atoms with Gasteiger partial charge in [-0.15, -0.1) is 0 Å². The molecule has 7 nitrogen and oxygen atoms in total. The number of hydrogen-bond donors (Lipinski definition) is 1. The summed E-state index contributed by atoms with van der Waals surface area (Å²) in [6.07, 6.45) is 2.27. The number of esters is 1. The van der Waals surface area contributed by atoms with Crippen molar-refractivity contribution < 1.29 is 18.8 Å². The van der Waals surface area contributed by atoms with Crippen LogP contribution in [0.4, 0.5) is 4.79 Å². The minimum atomic E-state index is -0.472. The van der Waals surface area contributed by atoms with Crippen LogP contribution >= 0.6 is 11.6 Å². The predicted molar refractivity (Wildman–Crippen MR) is 74.8 cm³/mol. The zero-order valence-electron chi connectivity index (χ0n) is 11.8. The van der Waals surface area contributed by atoms with E-state index in [1.807, 2.05) is 0 Å². The monoisotopic (exact) mass is 315 g/mol. The van der Waals surface area contributed by atoms with Crippen LogP contribution in [0, 0.1) is 6.92 Å². The molecule has 1 aliphatic rings. The van der Waals surface area contributed by atoms with E-state index in [2.05, 4.69) is 5.16 Å². The molecule has 0 spiro atoms. The van der Waals surface area contributed by atoms with Crippen LogP contribution in [0.25, 0.3) is 0 Å². The Morgan fingerprint density at radius 1 is 1.57 bits per heavy atom. The number of ether oxygens (including phenoxy) is 1. The first kappa shape index (κ1) is 15.6. The number of nitrogens with zero attached hydrogens (tertiary/aromatic N) is 2. The van der Waals surface area contributed by atoms with Gasteiger partial charge >= 0.3 is 12.0 Å². The smallest absolute Gasteiger partial charge is 0.315 e. The first-order valence-electron chi connectivity index (χ1n) is 6.81. The van der Waals surface area contributed by atoms with E-state index in [0.29, 0.717) is 24.2 Å². The standard InChI is InChI=1S/C13H18ClN3O4/c1-8-10(12(14)21-16-8)4-5-11(18)20-7-9-3-2-6-17(9)13(15)19/h9H,2-7H2,1H3,(H2,15,19)/t9-/m0/s1. The molecule has 1 aromatic heterocycles. The van der Waals surface area contributed by atoms with Crippen LogP contribution in [0.2, 0.25) is 5.22 Å². The van der Waals surface area contributed by atoms with Gasteiger partial charge in [0.2, 0.25) is 5.22 Å². The molecule has 1 saturated heterocycles. The molecule has 0 bridgehead atoms. The Hall–Kier alpha value is -1.76. The molecule has 21 heavy (non-hydrogen) atoms. The van der Waals surface area contributed by atoms with Crippen molar-refractivity contribution in [3.8, 4) is 0 Å². The van der Waals surface area contributed by atoms with Crippen molar-refractivity contribution >= 4 is 23.6 Å². The predicted octanol–water partition coefficient (Wildman–Crippen LogP) is 1.66. The van der Waals surface area contributed by atoms with E-state index < -0.39 is 6.03 Å². The van der Waals surface area contributed by atoms with Crippen molar-refractivity contribution in [2.24, 2.45) is 5.73 Å². The number of primary amides is 1. The number of nitrogens with two attached hydrogens (primary N) is 1. The molecule has 1 aromatic rings. The number of carbonyl (C=O) groups is 2. The van der Waals surface area contributed by atoms with Gasteiger partial charge in [0.15, 0.2) is 0 Å². The minimum absolute atomic E-state index is 0.118. The Morgan fingerprint density at radius 3 is 2.95 bits per heavy atom. The molecule has 0 aliphatic carbocycles. The maximum absolute atomic E-state index is 11.7. The average Bonchev–Trinajstić information content (AvgIpc) is 3.02. The van der Waals surface area contributed by atoms with Crippen LogP contribution in [0.3, 0.4) is 0 Å². The van der Waals surface area contributed by atoms with E-state index >= 15 is 0 Å². The fourth-order valence-corrected chi connectivity index (χ4v) is 2.69. The van der Waals surface area contributed by atoms with Crippen LogP contribution in [0.15, 0.2) is 4.52 Å². The van der Waals surface area contributed by atoms with Crippen LogP contribution in [0.5, 0.6) is 0 Å². The molecule has 1 aliphatic heterocycles. The zero-order valence-corrected chi connectivity index (χ0v) is 12.6. The fourth-order valence-electron chi connectivity index (χ4n) is 2.43. The molecule has 1 fully saturated rings. The van der Waals surface area contributed by atoms with Crippen molar-refractivity contribution in [3.63, 3.8) is 0 Å². The molecule has 0 radical (unpaired) electrons. The highest BCUT2D eigenvalue weighted by Gasteiger charge is 2.28. The number of urea groups is 1. The van der Waals surface area contributed by atoms with Crippen molar-refractivity contribution in [2.75, 3.05) is 13.2 Å². The lowest BCUT2D eigenvalue weighted by Gasteiger charge is -2.22. The number of aromatic nitrogens is 1. The van der Waals surface area contributed by atoms with Crippen LogP contribution < -0.4 is 5.73 Å². The molecule has 0 aromatic carbocycles. The average molecular weight is 316 g/mol. The molecule has 2 rings (SSSR count). The second kappa shape index (κ2) is 6.80. The lowest BCUT2D eigenvalue weighted by molar-refractivity contribution is -0.144. The number of aryl methyl sites for hydroxylation is 1. The highest BCUT2D eigenvalue weighted by Crippen LogP contribution is 2.21. The summed E-state index contributed by atoms with van der Waals surface area (Å²) in [5, 5.41) is 3.92. The van der Waals surface area contributed by atoms with E-state index in [1.165, 1.54) is 4.90 Å². The summed E-state index contributed by atoms with van der Waals surface area (Å²) in [5.74, 6) is -0.344. The fraction of sp³-hybridized carbons (Fsp3) is 0.615. The molecule has 0 unspecified atom stereocenters. The third-order valence-electron chi connectivity index (χ3n) is 3.61. The van der Waals surface area contributed by atoms with E-state index in [4.69, 9.17) is 26.6 Å². The number of rotatable bonds is 5. The SMILES string of the molecule is Cc1noc(Cl)c1CCC(=O)OC[C@@H]1CCCN1C(N)=O. The number of amides is 2. The molecule has 116 valence electrons. The van der Waals surface area contributed by atoms with Crippen molar-refractivity contribution in [3.05, 3.63) is 16.5 Å². The summed E-state index contributed by atoms with van der Waals surface area (Å²) in [4.78, 5) is 24.5. The third-order valence-corrected chi connectivity index (χ3v) is 3.91. The maximum Gasteiger partial charge on any atom is 0.315 e. The highest BCUT2D eigenvalue weighted by molar-refractivity contribution is 6.29. The van der Waals surface area contributed by atoms with E-state index in [9.17, 15) is 9.59 Å². The Kier molecular flexibility index (Phi) is 5.06. The Labute approximate surface area is 127 Å². The molecular formula is C13H18ClN3O4. The van der Waals surface area contributed by atoms with Gasteiger partial charge in [-0.05, 0) is 37.8 Å². The van der Waals surface area contributed by atoms with Gasteiger partial charge in [0.25, 0.3) is 0 Å². The largest absolute Gasteiger partial charge is 0.463 e. The topological polar surface area (TPSA) is 98.7 Å². The summed E-state index contributed by atoms with van der Waals surface area (Å²) >= 11 is 5.82. The van der Waals surface area contributed by atoms with Crippen LogP contribution in [0.1, 0.15) is 30.5 Å². The van der Waals surface area contributed by atoms with Gasteiger partial charge in [0.1, 0.15) is 6.61 Å². The van der Waals surface area contributed by atoms with Crippen LogP contribution in [-0.4, -0.2) is 41.3 Å². The van der Waals surface area contributed by atoms with Gasteiger partial charge in [-0.1, -0.05) is 5.16 Å². The molecular weight excluding hydrogens is 298 g/mol. The van der Waals surface area contributed by atoms with E-state index in [-0.39, 0.29) is 30.3 Å². The summed E-state index contributed by atoms with van der Waals surface area (Å²) in [7, 11) is 0. The number of halogens is 1. The van der Waals surface area contributed by atoms with Gasteiger partial charge in [-0.3, -0.25) is 4.79 Å². The summed E-state index contributed by atoms with van der Waals surface area (Å²) in [6.45, 7) is 2.56. The zero-order chi connectivity index (χ0) is 15.4. The van der Waals surface area contributed by atoms with Crippen LogP contribution in [-0.2, 0) is 16.0 Å². The second-order valence-corrected chi connectivity index (χ2v) is 5.37. The highest BCUT2D eigenvalue weighted by atomic mass is 35.5. The molecule has 0 saturated carbocycles. The molecule has 2 N–H and O–H groups in total. The first-order valence-corrected chi connectivity index (χ1v) is 7.19. The summed E-state index contributed by atoms with van der Waals surface area (Å²) in [6, 6.07) is -0.590. The van der Waals surface area contributed by atoms with E-state index in [1.54, 1.807) is 6.92 Å². The Balaban J connectivity index is 1.76. The quantitative estimate of drug-likeness (QED) is 0.833. The number of likely N-dealkylation sites (tertiary alicyclic amines) is 1. The lowest BCUT2D eigenvalue weighted by atomic mass is 10.1.